The minimum atomic E-state index is -4.43. The molecule has 0 fully saturated rings. The van der Waals surface area contributed by atoms with Crippen molar-refractivity contribution < 1.29 is 22.4 Å². The first-order valence-electron chi connectivity index (χ1n) is 8.43. The van der Waals surface area contributed by atoms with Gasteiger partial charge >= 0.3 is 6.18 Å². The monoisotopic (exact) mass is 388 g/mol. The van der Waals surface area contributed by atoms with E-state index in [2.05, 4.69) is 20.1 Å². The van der Waals surface area contributed by atoms with Crippen LogP contribution in [0.3, 0.4) is 0 Å². The lowest BCUT2D eigenvalue weighted by Gasteiger charge is -2.19. The van der Waals surface area contributed by atoms with Crippen LogP contribution >= 0.6 is 0 Å². The summed E-state index contributed by atoms with van der Waals surface area (Å²) in [5.41, 5.74) is 3.55. The molecule has 0 bridgehead atoms. The Bertz CT molecular complexity index is 1130. The molecule has 4 rings (SSSR count). The number of alkyl halides is 3. The van der Waals surface area contributed by atoms with E-state index in [0.29, 0.717) is 17.0 Å². The fourth-order valence-electron chi connectivity index (χ4n) is 2.70. The first kappa shape index (κ1) is 18.0. The van der Waals surface area contributed by atoms with Crippen LogP contribution in [0, 0.1) is 6.92 Å². The Labute approximate surface area is 157 Å². The van der Waals surface area contributed by atoms with Gasteiger partial charge in [-0.15, -0.1) is 0 Å². The highest BCUT2D eigenvalue weighted by Gasteiger charge is 2.38. The normalized spacial score (nSPS) is 13.0. The van der Waals surface area contributed by atoms with E-state index in [0.717, 1.165) is 23.5 Å². The van der Waals surface area contributed by atoms with Gasteiger partial charge in [0, 0.05) is 11.1 Å². The first-order chi connectivity index (χ1) is 13.3. The Morgan fingerprint density at radius 1 is 1.11 bits per heavy atom. The summed E-state index contributed by atoms with van der Waals surface area (Å²) in [6.07, 6.45) is -4.73. The van der Waals surface area contributed by atoms with Crippen molar-refractivity contribution in [2.75, 3.05) is 0 Å². The van der Waals surface area contributed by atoms with E-state index >= 15 is 0 Å². The number of imidazole rings is 1. The molecule has 6 nitrogen and oxygen atoms in total. The molecule has 0 saturated carbocycles. The number of hydrogen-bond acceptors (Lipinski definition) is 5. The van der Waals surface area contributed by atoms with Gasteiger partial charge in [-0.1, -0.05) is 5.16 Å². The molecule has 0 amide bonds. The molecule has 2 heterocycles. The van der Waals surface area contributed by atoms with Crippen molar-refractivity contribution in [3.63, 3.8) is 0 Å². The Hall–Kier alpha value is -3.36. The van der Waals surface area contributed by atoms with Crippen molar-refractivity contribution >= 4 is 11.0 Å². The summed E-state index contributed by atoms with van der Waals surface area (Å²) in [6.45, 7) is 2.62. The van der Waals surface area contributed by atoms with Gasteiger partial charge in [0.15, 0.2) is 6.10 Å². The average Bonchev–Trinajstić information content (AvgIpc) is 3.31. The standard InChI is InChI=1S/C19H15F3N4O2/c1-10-7-13(4-6-16(10)27-11(2)19(20,21)22)18-25-17(26-28-18)12-3-5-14-15(8-12)24-9-23-14/h3-9,11H,1-2H3,(H,23,24). The number of ether oxygens (including phenoxy) is 1. The SMILES string of the molecule is Cc1cc(-c2nc(-c3ccc4nc[nH]c4c3)no2)ccc1OC(C)C(F)(F)F. The van der Waals surface area contributed by atoms with Crippen molar-refractivity contribution in [2.45, 2.75) is 26.1 Å². The van der Waals surface area contributed by atoms with Gasteiger partial charge in [0.2, 0.25) is 5.82 Å². The molecule has 1 N–H and O–H groups in total. The third-order valence-electron chi connectivity index (χ3n) is 4.29. The number of aromatic nitrogens is 4. The molecular weight excluding hydrogens is 373 g/mol. The fraction of sp³-hybridized carbons (Fsp3) is 0.211. The van der Waals surface area contributed by atoms with Crippen molar-refractivity contribution in [3.05, 3.63) is 48.3 Å². The van der Waals surface area contributed by atoms with Crippen molar-refractivity contribution in [3.8, 4) is 28.6 Å². The molecule has 1 unspecified atom stereocenters. The van der Waals surface area contributed by atoms with E-state index in [4.69, 9.17) is 9.26 Å². The molecule has 9 heteroatoms. The van der Waals surface area contributed by atoms with Crippen molar-refractivity contribution in [1.29, 1.82) is 0 Å². The smallest absolute Gasteiger partial charge is 0.425 e. The van der Waals surface area contributed by atoms with Crippen LogP contribution in [-0.4, -0.2) is 32.4 Å². The summed E-state index contributed by atoms with van der Waals surface area (Å²) >= 11 is 0. The highest BCUT2D eigenvalue weighted by atomic mass is 19.4. The summed E-state index contributed by atoms with van der Waals surface area (Å²) in [5.74, 6) is 0.811. The molecule has 0 saturated heterocycles. The number of hydrogen-bond donors (Lipinski definition) is 1. The maximum atomic E-state index is 12.7. The second-order valence-corrected chi connectivity index (χ2v) is 6.34. The van der Waals surface area contributed by atoms with Gasteiger partial charge in [-0.3, -0.25) is 0 Å². The highest BCUT2D eigenvalue weighted by Crippen LogP contribution is 2.30. The van der Waals surface area contributed by atoms with Crippen molar-refractivity contribution in [1.82, 2.24) is 20.1 Å². The maximum Gasteiger partial charge on any atom is 0.425 e. The van der Waals surface area contributed by atoms with Crippen LogP contribution < -0.4 is 4.74 Å². The van der Waals surface area contributed by atoms with Crippen LogP contribution in [0.25, 0.3) is 33.9 Å². The molecule has 2 aromatic carbocycles. The summed E-state index contributed by atoms with van der Waals surface area (Å²) in [4.78, 5) is 11.6. The third-order valence-corrected chi connectivity index (χ3v) is 4.29. The largest absolute Gasteiger partial charge is 0.481 e. The topological polar surface area (TPSA) is 76.8 Å². The van der Waals surface area contributed by atoms with Gasteiger partial charge in [-0.05, 0) is 55.8 Å². The molecule has 0 aliphatic carbocycles. The van der Waals surface area contributed by atoms with Crippen LogP contribution in [0.1, 0.15) is 12.5 Å². The number of nitrogens with one attached hydrogen (secondary N) is 1. The number of H-pyrrole nitrogens is 1. The van der Waals surface area contributed by atoms with Crippen LogP contribution in [0.15, 0.2) is 47.2 Å². The molecular formula is C19H15F3N4O2. The molecule has 28 heavy (non-hydrogen) atoms. The summed E-state index contributed by atoms with van der Waals surface area (Å²) in [6, 6.07) is 10.2. The lowest BCUT2D eigenvalue weighted by Crippen LogP contribution is -2.31. The van der Waals surface area contributed by atoms with E-state index in [1.54, 1.807) is 25.4 Å². The summed E-state index contributed by atoms with van der Waals surface area (Å²) < 4.78 is 48.4. The van der Waals surface area contributed by atoms with E-state index < -0.39 is 12.3 Å². The Balaban J connectivity index is 1.59. The maximum absolute atomic E-state index is 12.7. The van der Waals surface area contributed by atoms with Crippen LogP contribution in [0.2, 0.25) is 0 Å². The van der Waals surface area contributed by atoms with Gasteiger partial charge in [0.25, 0.3) is 5.89 Å². The lowest BCUT2D eigenvalue weighted by molar-refractivity contribution is -0.189. The average molecular weight is 388 g/mol. The lowest BCUT2D eigenvalue weighted by atomic mass is 10.1. The molecule has 144 valence electrons. The predicted molar refractivity (Wildman–Crippen MR) is 95.7 cm³/mol. The second-order valence-electron chi connectivity index (χ2n) is 6.34. The molecule has 0 aliphatic rings. The number of rotatable bonds is 4. The van der Waals surface area contributed by atoms with E-state index in [1.165, 1.54) is 6.07 Å². The van der Waals surface area contributed by atoms with Crippen LogP contribution in [0.5, 0.6) is 5.75 Å². The molecule has 4 aromatic rings. The van der Waals surface area contributed by atoms with E-state index in [-0.39, 0.29) is 11.6 Å². The van der Waals surface area contributed by atoms with Gasteiger partial charge in [0.05, 0.1) is 17.4 Å². The number of fused-ring (bicyclic) bond motifs is 1. The van der Waals surface area contributed by atoms with E-state index in [1.807, 2.05) is 18.2 Å². The predicted octanol–water partition coefficient (Wildman–Crippen LogP) is 4.92. The van der Waals surface area contributed by atoms with Crippen molar-refractivity contribution in [2.24, 2.45) is 0 Å². The zero-order valence-corrected chi connectivity index (χ0v) is 14.9. The highest BCUT2D eigenvalue weighted by molar-refractivity contribution is 5.80. The number of aromatic amines is 1. The molecule has 2 aromatic heterocycles. The zero-order chi connectivity index (χ0) is 19.9. The number of benzene rings is 2. The minimum Gasteiger partial charge on any atom is -0.481 e. The second kappa shape index (κ2) is 6.66. The van der Waals surface area contributed by atoms with Gasteiger partial charge in [-0.2, -0.15) is 18.2 Å². The molecule has 0 aliphatic heterocycles. The quantitative estimate of drug-likeness (QED) is 0.537. The molecule has 0 radical (unpaired) electrons. The van der Waals surface area contributed by atoms with Gasteiger partial charge < -0.3 is 14.2 Å². The Kier molecular flexibility index (Phi) is 4.29. The van der Waals surface area contributed by atoms with Crippen LogP contribution in [-0.2, 0) is 0 Å². The minimum absolute atomic E-state index is 0.151. The first-order valence-corrected chi connectivity index (χ1v) is 8.43. The Morgan fingerprint density at radius 3 is 2.64 bits per heavy atom. The summed E-state index contributed by atoms with van der Waals surface area (Å²) in [5, 5.41) is 3.99. The summed E-state index contributed by atoms with van der Waals surface area (Å²) in [7, 11) is 0. The molecule has 0 spiro atoms. The van der Waals surface area contributed by atoms with E-state index in [9.17, 15) is 13.2 Å². The zero-order valence-electron chi connectivity index (χ0n) is 14.9. The number of nitrogens with zero attached hydrogens (tertiary/aromatic N) is 3. The van der Waals surface area contributed by atoms with Gasteiger partial charge in [0.1, 0.15) is 5.75 Å². The molecule has 1 atom stereocenters. The third kappa shape index (κ3) is 3.42. The van der Waals surface area contributed by atoms with Gasteiger partial charge in [-0.25, -0.2) is 4.98 Å². The Morgan fingerprint density at radius 2 is 1.89 bits per heavy atom. The number of aryl methyl sites for hydroxylation is 1. The number of halogens is 3. The fourth-order valence-corrected chi connectivity index (χ4v) is 2.70. The van der Waals surface area contributed by atoms with Crippen LogP contribution in [0.4, 0.5) is 13.2 Å².